The van der Waals surface area contributed by atoms with Gasteiger partial charge in [-0.2, -0.15) is 5.10 Å². The summed E-state index contributed by atoms with van der Waals surface area (Å²) >= 11 is 0. The van der Waals surface area contributed by atoms with Crippen molar-refractivity contribution in [1.82, 2.24) is 15.1 Å². The molecule has 0 bridgehead atoms. The molecule has 0 unspecified atom stereocenters. The summed E-state index contributed by atoms with van der Waals surface area (Å²) < 4.78 is 30.3. The molecule has 0 radical (unpaired) electrons. The molecule has 0 aliphatic carbocycles. The van der Waals surface area contributed by atoms with Crippen molar-refractivity contribution in [1.29, 1.82) is 0 Å². The molecule has 0 aliphatic rings. The number of hydrogen-bond acceptors (Lipinski definition) is 7. The van der Waals surface area contributed by atoms with E-state index in [0.29, 0.717) is 17.0 Å². The van der Waals surface area contributed by atoms with E-state index in [1.165, 1.54) is 28.9 Å². The molecule has 10 heteroatoms. The van der Waals surface area contributed by atoms with Gasteiger partial charge in [-0.3, -0.25) is 14.3 Å². The molecule has 3 aromatic rings. The number of sulfone groups is 1. The normalized spacial score (nSPS) is 12.2. The molecule has 0 fully saturated rings. The summed E-state index contributed by atoms with van der Waals surface area (Å²) in [6.45, 7) is -0.399. The summed E-state index contributed by atoms with van der Waals surface area (Å²) in [6, 6.07) is 15.9. The fourth-order valence-electron chi connectivity index (χ4n) is 3.10. The minimum absolute atomic E-state index is 0.0613. The summed E-state index contributed by atoms with van der Waals surface area (Å²) in [5, 5.41) is 16.9. The maximum atomic E-state index is 12.8. The van der Waals surface area contributed by atoms with E-state index in [1.54, 1.807) is 13.1 Å². The standard InChI is InChI=1S/C22H23N3O6S/c1-25-20(12-18(24-25)15-6-4-3-5-7-15)22(28)23-19(13-26)16-8-10-17(11-9-16)32(29,30)14-21(27)31-2/h3-12,19,26H,13-14H2,1-2H3,(H,23,28)/t19-/m1/s1. The zero-order valence-electron chi connectivity index (χ0n) is 17.6. The Bertz CT molecular complexity index is 1200. The first kappa shape index (κ1) is 23.2. The van der Waals surface area contributed by atoms with Gasteiger partial charge in [0.05, 0.1) is 30.3 Å². The molecule has 1 amide bonds. The Hall–Kier alpha value is -3.50. The molecule has 0 saturated heterocycles. The van der Waals surface area contributed by atoms with Crippen molar-refractivity contribution in [2.24, 2.45) is 7.05 Å². The molecular formula is C22H23N3O6S. The molecular weight excluding hydrogens is 434 g/mol. The number of nitrogens with zero attached hydrogens (tertiary/aromatic N) is 2. The number of aliphatic hydroxyl groups excluding tert-OH is 1. The second kappa shape index (κ2) is 9.75. The second-order valence-corrected chi connectivity index (χ2v) is 9.01. The van der Waals surface area contributed by atoms with Crippen LogP contribution in [-0.2, 0) is 26.4 Å². The number of carbonyl (C=O) groups is 2. The third-order valence-electron chi connectivity index (χ3n) is 4.85. The molecule has 2 aromatic carbocycles. The highest BCUT2D eigenvalue weighted by atomic mass is 32.2. The maximum Gasteiger partial charge on any atom is 0.321 e. The molecule has 1 atom stereocenters. The van der Waals surface area contributed by atoms with Crippen LogP contribution in [0.4, 0.5) is 0 Å². The van der Waals surface area contributed by atoms with E-state index in [0.717, 1.165) is 12.7 Å². The first-order valence-electron chi connectivity index (χ1n) is 9.66. The van der Waals surface area contributed by atoms with Crippen LogP contribution in [0.25, 0.3) is 11.3 Å². The molecule has 0 saturated carbocycles. The van der Waals surface area contributed by atoms with Crippen LogP contribution in [0.5, 0.6) is 0 Å². The Balaban J connectivity index is 1.76. The predicted molar refractivity (Wildman–Crippen MR) is 116 cm³/mol. The Morgan fingerprint density at radius 1 is 1.12 bits per heavy atom. The third-order valence-corrected chi connectivity index (χ3v) is 6.45. The Labute approximate surface area is 185 Å². The first-order chi connectivity index (χ1) is 15.2. The van der Waals surface area contributed by atoms with Gasteiger partial charge < -0.3 is 15.2 Å². The first-order valence-corrected chi connectivity index (χ1v) is 11.3. The number of esters is 1. The van der Waals surface area contributed by atoms with Crippen molar-refractivity contribution in [3.05, 3.63) is 71.9 Å². The molecule has 32 heavy (non-hydrogen) atoms. The lowest BCUT2D eigenvalue weighted by Gasteiger charge is -2.17. The fraction of sp³-hybridized carbons (Fsp3) is 0.227. The monoisotopic (exact) mass is 457 g/mol. The number of nitrogens with one attached hydrogen (secondary N) is 1. The number of methoxy groups -OCH3 is 1. The van der Waals surface area contributed by atoms with Crippen LogP contribution in [0.1, 0.15) is 22.1 Å². The Morgan fingerprint density at radius 3 is 2.38 bits per heavy atom. The van der Waals surface area contributed by atoms with Gasteiger partial charge in [0.1, 0.15) is 5.69 Å². The molecule has 3 rings (SSSR count). The molecule has 2 N–H and O–H groups in total. The van der Waals surface area contributed by atoms with E-state index in [1.807, 2.05) is 30.3 Å². The van der Waals surface area contributed by atoms with Crippen LogP contribution in [0.2, 0.25) is 0 Å². The lowest BCUT2D eigenvalue weighted by Crippen LogP contribution is -2.32. The Kier molecular flexibility index (Phi) is 7.06. The number of hydrogen-bond donors (Lipinski definition) is 2. The van der Waals surface area contributed by atoms with Gasteiger partial charge in [0.2, 0.25) is 0 Å². The third kappa shape index (κ3) is 5.21. The van der Waals surface area contributed by atoms with Gasteiger partial charge in [0.15, 0.2) is 15.6 Å². The van der Waals surface area contributed by atoms with E-state index in [4.69, 9.17) is 0 Å². The van der Waals surface area contributed by atoms with Crippen molar-refractivity contribution < 1.29 is 27.9 Å². The van der Waals surface area contributed by atoms with Crippen LogP contribution in [0.15, 0.2) is 65.6 Å². The van der Waals surface area contributed by atoms with Gasteiger partial charge in [-0.1, -0.05) is 42.5 Å². The van der Waals surface area contributed by atoms with E-state index in [9.17, 15) is 23.1 Å². The zero-order chi connectivity index (χ0) is 23.3. The van der Waals surface area contributed by atoms with Crippen LogP contribution in [-0.4, -0.2) is 54.7 Å². The second-order valence-electron chi connectivity index (χ2n) is 7.02. The number of benzene rings is 2. The van der Waals surface area contributed by atoms with E-state index < -0.39 is 40.1 Å². The number of carbonyl (C=O) groups excluding carboxylic acids is 2. The van der Waals surface area contributed by atoms with E-state index >= 15 is 0 Å². The Morgan fingerprint density at radius 2 is 1.78 bits per heavy atom. The van der Waals surface area contributed by atoms with Crippen molar-refractivity contribution in [3.8, 4) is 11.3 Å². The van der Waals surface area contributed by atoms with Crippen molar-refractivity contribution in [2.75, 3.05) is 19.5 Å². The molecule has 168 valence electrons. The van der Waals surface area contributed by atoms with E-state index in [2.05, 4.69) is 15.2 Å². The lowest BCUT2D eigenvalue weighted by atomic mass is 10.1. The smallest absolute Gasteiger partial charge is 0.321 e. The number of rotatable bonds is 8. The van der Waals surface area contributed by atoms with Gasteiger partial charge in [-0.25, -0.2) is 8.42 Å². The quantitative estimate of drug-likeness (QED) is 0.491. The van der Waals surface area contributed by atoms with Crippen molar-refractivity contribution in [3.63, 3.8) is 0 Å². The lowest BCUT2D eigenvalue weighted by molar-refractivity contribution is -0.137. The largest absolute Gasteiger partial charge is 0.468 e. The number of ether oxygens (including phenoxy) is 1. The molecule has 1 heterocycles. The van der Waals surface area contributed by atoms with Gasteiger partial charge >= 0.3 is 5.97 Å². The highest BCUT2D eigenvalue weighted by molar-refractivity contribution is 7.92. The zero-order valence-corrected chi connectivity index (χ0v) is 18.4. The summed E-state index contributed by atoms with van der Waals surface area (Å²) in [5.41, 5.74) is 2.31. The van der Waals surface area contributed by atoms with Gasteiger partial charge in [0, 0.05) is 12.6 Å². The predicted octanol–water partition coefficient (Wildman–Crippen LogP) is 1.50. The summed E-state index contributed by atoms with van der Waals surface area (Å²) in [7, 11) is -1.09. The highest BCUT2D eigenvalue weighted by Crippen LogP contribution is 2.21. The molecule has 9 nitrogen and oxygen atoms in total. The van der Waals surface area contributed by atoms with Crippen LogP contribution in [0, 0.1) is 0 Å². The van der Waals surface area contributed by atoms with Gasteiger partial charge in [0.25, 0.3) is 5.91 Å². The number of aliphatic hydroxyl groups is 1. The van der Waals surface area contributed by atoms with Crippen LogP contribution < -0.4 is 5.32 Å². The van der Waals surface area contributed by atoms with E-state index in [-0.39, 0.29) is 4.90 Å². The number of aryl methyl sites for hydroxylation is 1. The molecule has 0 aliphatic heterocycles. The SMILES string of the molecule is COC(=O)CS(=O)(=O)c1ccc([C@@H](CO)NC(=O)c2cc(-c3ccccc3)nn2C)cc1. The average Bonchev–Trinajstić information content (AvgIpc) is 3.19. The molecule has 1 aromatic heterocycles. The van der Waals surface area contributed by atoms with Gasteiger partial charge in [-0.05, 0) is 23.8 Å². The minimum Gasteiger partial charge on any atom is -0.468 e. The topological polar surface area (TPSA) is 128 Å². The number of aromatic nitrogens is 2. The van der Waals surface area contributed by atoms with Gasteiger partial charge in [-0.15, -0.1) is 0 Å². The van der Waals surface area contributed by atoms with Crippen molar-refractivity contribution in [2.45, 2.75) is 10.9 Å². The van der Waals surface area contributed by atoms with Crippen LogP contribution in [0.3, 0.4) is 0 Å². The highest BCUT2D eigenvalue weighted by Gasteiger charge is 2.22. The maximum absolute atomic E-state index is 12.8. The number of amides is 1. The summed E-state index contributed by atoms with van der Waals surface area (Å²) in [5.74, 6) is -2.07. The molecule has 0 spiro atoms. The average molecular weight is 458 g/mol. The minimum atomic E-state index is -3.85. The summed E-state index contributed by atoms with van der Waals surface area (Å²) in [4.78, 5) is 24.1. The fourth-order valence-corrected chi connectivity index (χ4v) is 4.25. The van der Waals surface area contributed by atoms with Crippen LogP contribution >= 0.6 is 0 Å². The summed E-state index contributed by atoms with van der Waals surface area (Å²) in [6.07, 6.45) is 0. The van der Waals surface area contributed by atoms with Crippen molar-refractivity contribution >= 4 is 21.7 Å².